The lowest BCUT2D eigenvalue weighted by Crippen LogP contribution is -2.14. The van der Waals surface area contributed by atoms with Crippen molar-refractivity contribution in [2.45, 2.75) is 6.92 Å². The fraction of sp³-hybridized carbons (Fsp3) is 0.286. The number of allylic oxidation sites excluding steroid dienone is 1. The van der Waals surface area contributed by atoms with Crippen LogP contribution < -0.4 is 0 Å². The lowest BCUT2D eigenvalue weighted by Gasteiger charge is -2.02. The summed E-state index contributed by atoms with van der Waals surface area (Å²) in [6.07, 6.45) is 0.559. The maximum atomic E-state index is 10.8. The summed E-state index contributed by atoms with van der Waals surface area (Å²) >= 11 is 0. The summed E-state index contributed by atoms with van der Waals surface area (Å²) in [6.45, 7) is 4.74. The van der Waals surface area contributed by atoms with Crippen LogP contribution in [0.1, 0.15) is 6.92 Å². The Kier molecular flexibility index (Phi) is 4.32. The number of hydrogen-bond acceptors (Lipinski definition) is 5. The molecule has 0 aromatic carbocycles. The maximum absolute atomic E-state index is 10.8. The predicted octanol–water partition coefficient (Wildman–Crippen LogP) is 0.439. The van der Waals surface area contributed by atoms with Gasteiger partial charge in [-0.25, -0.2) is 4.79 Å². The molecule has 0 saturated heterocycles. The molecule has 7 heteroatoms. The van der Waals surface area contributed by atoms with Gasteiger partial charge in [-0.15, -0.1) is 0 Å². The van der Waals surface area contributed by atoms with E-state index in [1.54, 1.807) is 0 Å². The van der Waals surface area contributed by atoms with Gasteiger partial charge in [0.1, 0.15) is 6.26 Å². The molecule has 0 aromatic rings. The van der Waals surface area contributed by atoms with Gasteiger partial charge in [0.15, 0.2) is 0 Å². The highest BCUT2D eigenvalue weighted by atomic mass is 32.2. The van der Waals surface area contributed by atoms with Crippen LogP contribution >= 0.6 is 0 Å². The van der Waals surface area contributed by atoms with Gasteiger partial charge in [0.05, 0.1) is 12.9 Å². The summed E-state index contributed by atoms with van der Waals surface area (Å²) in [7, 11) is -3.68. The lowest BCUT2D eigenvalue weighted by molar-refractivity contribution is -0.135. The molecule has 80 valence electrons. The van der Waals surface area contributed by atoms with Gasteiger partial charge in [0, 0.05) is 0 Å². The first-order valence-electron chi connectivity index (χ1n) is 3.37. The van der Waals surface area contributed by atoms with Crippen molar-refractivity contribution >= 4 is 16.1 Å². The fourth-order valence-electron chi connectivity index (χ4n) is 0.469. The summed E-state index contributed by atoms with van der Waals surface area (Å²) in [6, 6.07) is 0. The lowest BCUT2D eigenvalue weighted by atomic mass is 10.6. The van der Waals surface area contributed by atoms with E-state index >= 15 is 0 Å². The first kappa shape index (κ1) is 12.7. The largest absolute Gasteiger partial charge is 0.469 e. The molecule has 0 rings (SSSR count). The summed E-state index contributed by atoms with van der Waals surface area (Å²) in [5.74, 6) is -1.05. The Bertz CT molecular complexity index is 364. The van der Waals surface area contributed by atoms with Crippen molar-refractivity contribution in [2.75, 3.05) is 7.11 Å². The Hall–Kier alpha value is -1.34. The molecule has 0 heterocycles. The Labute approximate surface area is 81.6 Å². The third-order valence-electron chi connectivity index (χ3n) is 1.03. The SMILES string of the molecule is C=C(C)OC=C(C(=O)OC)S(=O)(=O)O. The van der Waals surface area contributed by atoms with Gasteiger partial charge >= 0.3 is 16.1 Å². The summed E-state index contributed by atoms with van der Waals surface area (Å²) in [5, 5.41) is 0. The molecule has 0 bridgehead atoms. The molecule has 6 nitrogen and oxygen atoms in total. The van der Waals surface area contributed by atoms with Crippen molar-refractivity contribution in [1.29, 1.82) is 0 Å². The van der Waals surface area contributed by atoms with Crippen molar-refractivity contribution in [3.63, 3.8) is 0 Å². The van der Waals surface area contributed by atoms with Gasteiger partial charge in [-0.05, 0) is 6.92 Å². The zero-order chi connectivity index (χ0) is 11.4. The summed E-state index contributed by atoms with van der Waals surface area (Å²) in [5.41, 5.74) is 0. The van der Waals surface area contributed by atoms with Crippen LogP contribution in [0.15, 0.2) is 23.5 Å². The third-order valence-corrected chi connectivity index (χ3v) is 1.85. The Morgan fingerprint density at radius 3 is 2.29 bits per heavy atom. The second-order valence-electron chi connectivity index (χ2n) is 2.27. The minimum atomic E-state index is -4.65. The van der Waals surface area contributed by atoms with Gasteiger partial charge in [-0.2, -0.15) is 8.42 Å². The van der Waals surface area contributed by atoms with Crippen molar-refractivity contribution in [2.24, 2.45) is 0 Å². The van der Waals surface area contributed by atoms with E-state index < -0.39 is 21.0 Å². The van der Waals surface area contributed by atoms with E-state index in [9.17, 15) is 13.2 Å². The highest BCUT2D eigenvalue weighted by Gasteiger charge is 2.24. The maximum Gasteiger partial charge on any atom is 0.355 e. The average Bonchev–Trinajstić information content (AvgIpc) is 2.01. The van der Waals surface area contributed by atoms with Crippen molar-refractivity contribution in [1.82, 2.24) is 0 Å². The average molecular weight is 222 g/mol. The van der Waals surface area contributed by atoms with Gasteiger partial charge in [0.2, 0.25) is 4.91 Å². The van der Waals surface area contributed by atoms with Gasteiger partial charge in [-0.3, -0.25) is 4.55 Å². The van der Waals surface area contributed by atoms with E-state index in [0.717, 1.165) is 7.11 Å². The van der Waals surface area contributed by atoms with E-state index in [1.807, 2.05) is 0 Å². The highest BCUT2D eigenvalue weighted by molar-refractivity contribution is 7.90. The molecule has 0 fully saturated rings. The number of carbonyl (C=O) groups excluding carboxylic acids is 1. The van der Waals surface area contributed by atoms with E-state index in [-0.39, 0.29) is 5.76 Å². The zero-order valence-electron chi connectivity index (χ0n) is 7.68. The first-order chi connectivity index (χ1) is 6.29. The predicted molar refractivity (Wildman–Crippen MR) is 47.5 cm³/mol. The zero-order valence-corrected chi connectivity index (χ0v) is 8.50. The third kappa shape index (κ3) is 4.06. The number of esters is 1. The minimum Gasteiger partial charge on any atom is -0.469 e. The number of carbonyl (C=O) groups is 1. The molecule has 0 spiro atoms. The van der Waals surface area contributed by atoms with Crippen LogP contribution in [0.3, 0.4) is 0 Å². The van der Waals surface area contributed by atoms with Gasteiger partial charge in [0.25, 0.3) is 0 Å². The van der Waals surface area contributed by atoms with Crippen LogP contribution in [0.25, 0.3) is 0 Å². The molecular formula is C7H10O6S. The highest BCUT2D eigenvalue weighted by Crippen LogP contribution is 2.08. The van der Waals surface area contributed by atoms with Crippen molar-refractivity contribution in [3.8, 4) is 0 Å². The standard InChI is InChI=1S/C7H10O6S/c1-5(2)13-4-6(7(8)12-3)14(9,10)11/h4H,1H2,2-3H3,(H,9,10,11). The summed E-state index contributed by atoms with van der Waals surface area (Å²) in [4.78, 5) is 9.85. The molecule has 0 aliphatic heterocycles. The quantitative estimate of drug-likeness (QED) is 0.321. The number of ether oxygens (including phenoxy) is 2. The molecule has 0 unspecified atom stereocenters. The number of methoxy groups -OCH3 is 1. The van der Waals surface area contributed by atoms with E-state index in [1.165, 1.54) is 6.92 Å². The van der Waals surface area contributed by atoms with Crippen LogP contribution in [0.4, 0.5) is 0 Å². The second kappa shape index (κ2) is 4.77. The molecule has 0 aliphatic carbocycles. The Morgan fingerprint density at radius 1 is 1.50 bits per heavy atom. The minimum absolute atomic E-state index is 0.162. The molecule has 1 N–H and O–H groups in total. The van der Waals surface area contributed by atoms with E-state index in [2.05, 4.69) is 16.1 Å². The van der Waals surface area contributed by atoms with Gasteiger partial charge in [-0.1, -0.05) is 6.58 Å². The van der Waals surface area contributed by atoms with E-state index in [0.29, 0.717) is 6.26 Å². The van der Waals surface area contributed by atoms with Crippen LogP contribution in [0.2, 0.25) is 0 Å². The molecular weight excluding hydrogens is 212 g/mol. The normalized spacial score (nSPS) is 12.1. The molecule has 0 atom stereocenters. The molecule has 0 saturated carbocycles. The molecule has 14 heavy (non-hydrogen) atoms. The van der Waals surface area contributed by atoms with Gasteiger partial charge < -0.3 is 9.47 Å². The smallest absolute Gasteiger partial charge is 0.355 e. The number of rotatable bonds is 4. The Morgan fingerprint density at radius 2 is 2.00 bits per heavy atom. The molecule has 0 radical (unpaired) electrons. The van der Waals surface area contributed by atoms with Crippen molar-refractivity contribution in [3.05, 3.63) is 23.5 Å². The van der Waals surface area contributed by atoms with Crippen LogP contribution in [-0.2, 0) is 24.4 Å². The van der Waals surface area contributed by atoms with Crippen LogP contribution in [0, 0.1) is 0 Å². The first-order valence-corrected chi connectivity index (χ1v) is 4.81. The van der Waals surface area contributed by atoms with Crippen LogP contribution in [-0.4, -0.2) is 26.0 Å². The fourth-order valence-corrected chi connectivity index (χ4v) is 0.933. The van der Waals surface area contributed by atoms with E-state index in [4.69, 9.17) is 4.55 Å². The monoisotopic (exact) mass is 222 g/mol. The second-order valence-corrected chi connectivity index (χ2v) is 3.66. The topological polar surface area (TPSA) is 89.9 Å². The van der Waals surface area contributed by atoms with Crippen LogP contribution in [0.5, 0.6) is 0 Å². The number of hydrogen-bond donors (Lipinski definition) is 1. The molecule has 0 aliphatic rings. The van der Waals surface area contributed by atoms with Crippen molar-refractivity contribution < 1.29 is 27.2 Å². The molecule has 0 amide bonds. The Balaban J connectivity index is 5.03. The molecule has 0 aromatic heterocycles. The summed E-state index contributed by atoms with van der Waals surface area (Å²) < 4.78 is 38.5.